The van der Waals surface area contributed by atoms with Gasteiger partial charge in [0.2, 0.25) is 0 Å². The molecule has 4 aliphatic carbocycles. The number of ether oxygens (including phenoxy) is 4. The minimum atomic E-state index is 0.00915. The zero-order valence-corrected chi connectivity index (χ0v) is 23.1. The van der Waals surface area contributed by atoms with Gasteiger partial charge < -0.3 is 18.9 Å². The van der Waals surface area contributed by atoms with E-state index in [4.69, 9.17) is 30.5 Å². The third-order valence-corrected chi connectivity index (χ3v) is 11.4. The van der Waals surface area contributed by atoms with Gasteiger partial charge in [0.05, 0.1) is 12.2 Å². The van der Waals surface area contributed by atoms with Gasteiger partial charge in [0.25, 0.3) is 0 Å². The number of fused-ring (bicyclic) bond motifs is 5. The molecule has 2 aliphatic heterocycles. The fourth-order valence-electron chi connectivity index (χ4n) is 9.39. The van der Waals surface area contributed by atoms with Crippen molar-refractivity contribution in [1.29, 1.82) is 0 Å². The first-order valence-electron chi connectivity index (χ1n) is 15.1. The van der Waals surface area contributed by atoms with E-state index in [0.717, 1.165) is 63.1 Å². The Bertz CT molecular complexity index is 815. The number of hydrogen-bond donors (Lipinski definition) is 0. The normalized spacial score (nSPS) is 47.2. The smallest absolute Gasteiger partial charge is 0.157 e. The summed E-state index contributed by atoms with van der Waals surface area (Å²) in [4.78, 5) is 0. The molecule has 2 saturated heterocycles. The van der Waals surface area contributed by atoms with Crippen LogP contribution in [-0.4, -0.2) is 38.0 Å². The summed E-state index contributed by atoms with van der Waals surface area (Å²) in [5, 5.41) is 0. The summed E-state index contributed by atoms with van der Waals surface area (Å²) in [5.74, 6) is 2.26. The average molecular weight is 519 g/mol. The van der Waals surface area contributed by atoms with Crippen LogP contribution in [0.15, 0.2) is 23.3 Å². The molecular formula is C31H47ClO4. The van der Waals surface area contributed by atoms with Crippen LogP contribution in [0.4, 0.5) is 0 Å². The van der Waals surface area contributed by atoms with Crippen LogP contribution in [0.3, 0.4) is 0 Å². The van der Waals surface area contributed by atoms with Crippen LogP contribution in [0.5, 0.6) is 0 Å². The van der Waals surface area contributed by atoms with Crippen molar-refractivity contribution in [3.63, 3.8) is 0 Å². The Kier molecular flexibility index (Phi) is 7.91. The van der Waals surface area contributed by atoms with E-state index >= 15 is 0 Å². The van der Waals surface area contributed by atoms with Crippen molar-refractivity contribution in [2.45, 2.75) is 128 Å². The molecule has 2 heterocycles. The van der Waals surface area contributed by atoms with Crippen molar-refractivity contribution in [3.05, 3.63) is 23.3 Å². The zero-order valence-electron chi connectivity index (χ0n) is 22.3. The molecule has 5 fully saturated rings. The second kappa shape index (κ2) is 11.0. The van der Waals surface area contributed by atoms with E-state index in [2.05, 4.69) is 19.1 Å². The maximum atomic E-state index is 6.69. The predicted octanol–water partition coefficient (Wildman–Crippen LogP) is 7.90. The summed E-state index contributed by atoms with van der Waals surface area (Å²) >= 11 is 6.13. The lowest BCUT2D eigenvalue weighted by atomic mass is 9.46. The monoisotopic (exact) mass is 518 g/mol. The molecule has 202 valence electrons. The van der Waals surface area contributed by atoms with Crippen molar-refractivity contribution >= 4 is 11.6 Å². The van der Waals surface area contributed by atoms with Crippen LogP contribution in [0, 0.1) is 28.6 Å². The Labute approximate surface area is 223 Å². The lowest BCUT2D eigenvalue weighted by Gasteiger charge is -2.59. The van der Waals surface area contributed by atoms with Gasteiger partial charge in [-0.05, 0) is 125 Å². The van der Waals surface area contributed by atoms with Gasteiger partial charge in [0.1, 0.15) is 0 Å². The summed E-state index contributed by atoms with van der Waals surface area (Å²) in [6.45, 7) is 4.27. The Morgan fingerprint density at radius 2 is 1.69 bits per heavy atom. The molecule has 0 amide bonds. The van der Waals surface area contributed by atoms with E-state index in [-0.39, 0.29) is 23.4 Å². The van der Waals surface area contributed by atoms with Gasteiger partial charge in [-0.15, -0.1) is 0 Å². The summed E-state index contributed by atoms with van der Waals surface area (Å²) < 4.78 is 25.1. The molecule has 0 aromatic carbocycles. The summed E-state index contributed by atoms with van der Waals surface area (Å²) in [6, 6.07) is 0. The molecule has 0 spiro atoms. The van der Waals surface area contributed by atoms with Crippen LogP contribution in [0.1, 0.15) is 103 Å². The zero-order chi connectivity index (χ0) is 24.6. The molecule has 9 atom stereocenters. The van der Waals surface area contributed by atoms with Gasteiger partial charge in [0.15, 0.2) is 12.6 Å². The molecule has 5 heteroatoms. The van der Waals surface area contributed by atoms with E-state index in [1.54, 1.807) is 11.1 Å². The third-order valence-electron chi connectivity index (χ3n) is 11.2. The van der Waals surface area contributed by atoms with E-state index in [1.165, 1.54) is 64.2 Å². The number of halogens is 1. The van der Waals surface area contributed by atoms with Gasteiger partial charge in [-0.1, -0.05) is 36.2 Å². The van der Waals surface area contributed by atoms with Gasteiger partial charge in [-0.3, -0.25) is 0 Å². The van der Waals surface area contributed by atoms with Crippen molar-refractivity contribution in [3.8, 4) is 0 Å². The number of rotatable bonds is 6. The highest BCUT2D eigenvalue weighted by molar-refractivity contribution is 6.25. The fraction of sp³-hybridized carbons (Fsp3) is 0.871. The first-order valence-corrected chi connectivity index (χ1v) is 15.5. The Balaban J connectivity index is 1.19. The van der Waals surface area contributed by atoms with Crippen molar-refractivity contribution in [1.82, 2.24) is 0 Å². The van der Waals surface area contributed by atoms with Crippen LogP contribution < -0.4 is 0 Å². The van der Waals surface area contributed by atoms with Crippen LogP contribution in [0.25, 0.3) is 0 Å². The molecule has 5 unspecified atom stereocenters. The fourth-order valence-corrected chi connectivity index (χ4v) is 9.48. The van der Waals surface area contributed by atoms with Crippen LogP contribution in [-0.2, 0) is 18.9 Å². The summed E-state index contributed by atoms with van der Waals surface area (Å²) in [7, 11) is 0. The van der Waals surface area contributed by atoms with Gasteiger partial charge >= 0.3 is 0 Å². The lowest BCUT2D eigenvalue weighted by Crippen LogP contribution is -2.53. The van der Waals surface area contributed by atoms with Crippen molar-refractivity contribution in [2.24, 2.45) is 28.6 Å². The Morgan fingerprint density at radius 3 is 2.42 bits per heavy atom. The maximum absolute atomic E-state index is 6.69. The molecule has 0 radical (unpaired) electrons. The molecule has 6 aliphatic rings. The van der Waals surface area contributed by atoms with Crippen molar-refractivity contribution < 1.29 is 18.9 Å². The number of hydrogen-bond acceptors (Lipinski definition) is 4. The molecular weight excluding hydrogens is 472 g/mol. The Hall–Kier alpha value is -0.390. The second-order valence-corrected chi connectivity index (χ2v) is 13.2. The van der Waals surface area contributed by atoms with Crippen molar-refractivity contribution in [2.75, 3.05) is 13.2 Å². The van der Waals surface area contributed by atoms with Gasteiger partial charge in [-0.25, -0.2) is 0 Å². The van der Waals surface area contributed by atoms with E-state index in [1.807, 2.05) is 0 Å². The molecule has 6 rings (SSSR count). The minimum absolute atomic E-state index is 0.00915. The molecule has 4 nitrogen and oxygen atoms in total. The van der Waals surface area contributed by atoms with E-state index in [9.17, 15) is 0 Å². The van der Waals surface area contributed by atoms with Crippen LogP contribution in [0.2, 0.25) is 0 Å². The lowest BCUT2D eigenvalue weighted by molar-refractivity contribution is -0.216. The highest BCUT2D eigenvalue weighted by atomic mass is 35.5. The SMILES string of the molecule is C[C@]12CCC3C(CC=C4C[C@@H](OC5CCCCO5)CC[C@@]43C/C=C/Cl)C1CC[C@@H]2OC1CCCCO1. The minimum Gasteiger partial charge on any atom is -0.353 e. The molecule has 3 saturated carbocycles. The molecule has 0 aromatic heterocycles. The number of allylic oxidation sites excluding steroid dienone is 2. The largest absolute Gasteiger partial charge is 0.353 e. The van der Waals surface area contributed by atoms with E-state index in [0.29, 0.717) is 12.2 Å². The van der Waals surface area contributed by atoms with Crippen LogP contribution >= 0.6 is 11.6 Å². The van der Waals surface area contributed by atoms with Gasteiger partial charge in [-0.2, -0.15) is 0 Å². The Morgan fingerprint density at radius 1 is 0.917 bits per heavy atom. The third kappa shape index (κ3) is 4.76. The van der Waals surface area contributed by atoms with Gasteiger partial charge in [0, 0.05) is 18.7 Å². The predicted molar refractivity (Wildman–Crippen MR) is 143 cm³/mol. The highest BCUT2D eigenvalue weighted by Crippen LogP contribution is 2.66. The summed E-state index contributed by atoms with van der Waals surface area (Å²) in [5.41, 5.74) is 3.96. The molecule has 0 bridgehead atoms. The molecule has 0 aromatic rings. The maximum Gasteiger partial charge on any atom is 0.157 e. The van der Waals surface area contributed by atoms with E-state index < -0.39 is 0 Å². The molecule has 36 heavy (non-hydrogen) atoms. The summed E-state index contributed by atoms with van der Waals surface area (Å²) in [6.07, 6.45) is 23.4. The average Bonchev–Trinajstić information content (AvgIpc) is 3.24. The topological polar surface area (TPSA) is 36.9 Å². The quantitative estimate of drug-likeness (QED) is 0.335. The molecule has 0 N–H and O–H groups in total. The standard InChI is InChI=1S/C31H47ClO4/c1-30-16-14-26-24(25(30)11-12-27(30)36-29-8-3-5-20-34-29)10-9-22-21-23(35-28-7-2-4-19-33-28)13-17-31(22,26)15-6-18-32/h6,9,18,23-29H,2-5,7-8,10-17,19-21H2,1H3/b18-6+/t23-,24?,25?,26?,27-,28?,29?,30-,31-/m0/s1. The first-order chi connectivity index (χ1) is 17.6. The first kappa shape index (κ1) is 25.9. The highest BCUT2D eigenvalue weighted by Gasteiger charge is 2.60. The second-order valence-electron chi connectivity index (χ2n) is 12.9.